The molecule has 0 saturated heterocycles. The first-order chi connectivity index (χ1) is 7.18. The number of aryl methyl sites for hydroxylation is 1. The summed E-state index contributed by atoms with van der Waals surface area (Å²) in [6, 6.07) is 6.86. The Kier molecular flexibility index (Phi) is 2.37. The summed E-state index contributed by atoms with van der Waals surface area (Å²) in [7, 11) is 0. The third kappa shape index (κ3) is 1.81. The summed E-state index contributed by atoms with van der Waals surface area (Å²) in [5, 5.41) is 0. The van der Waals surface area contributed by atoms with Gasteiger partial charge in [0, 0.05) is 11.8 Å². The van der Waals surface area contributed by atoms with Crippen LogP contribution in [0.2, 0.25) is 0 Å². The average Bonchev–Trinajstić information content (AvgIpc) is 2.23. The molecule has 0 saturated carbocycles. The Morgan fingerprint density at radius 1 is 1.27 bits per heavy atom. The first-order valence-corrected chi connectivity index (χ1v) is 4.64. The molecule has 0 aliphatic rings. The molecule has 0 bridgehead atoms. The van der Waals surface area contributed by atoms with Crippen LogP contribution in [0.5, 0.6) is 0 Å². The van der Waals surface area contributed by atoms with E-state index in [1.54, 1.807) is 31.5 Å². The van der Waals surface area contributed by atoms with Crippen LogP contribution in [-0.2, 0) is 0 Å². The smallest absolute Gasteiger partial charge is 0.126 e. The van der Waals surface area contributed by atoms with Gasteiger partial charge in [-0.1, -0.05) is 12.1 Å². The Bertz CT molecular complexity index is 495. The Hall–Kier alpha value is -1.90. The van der Waals surface area contributed by atoms with Gasteiger partial charge in [-0.05, 0) is 30.2 Å². The van der Waals surface area contributed by atoms with Gasteiger partial charge in [0.15, 0.2) is 0 Å². The van der Waals surface area contributed by atoms with Crippen molar-refractivity contribution in [2.24, 2.45) is 0 Å². The number of halogens is 1. The summed E-state index contributed by atoms with van der Waals surface area (Å²) in [5.41, 5.74) is 8.53. The summed E-state index contributed by atoms with van der Waals surface area (Å²) >= 11 is 0. The summed E-state index contributed by atoms with van der Waals surface area (Å²) in [6.45, 7) is 1.73. The maximum absolute atomic E-state index is 13.3. The number of rotatable bonds is 1. The van der Waals surface area contributed by atoms with Crippen LogP contribution in [0, 0.1) is 12.7 Å². The fraction of sp³-hybridized carbons (Fsp3) is 0.0833. The number of hydrogen-bond donors (Lipinski definition) is 1. The van der Waals surface area contributed by atoms with Crippen molar-refractivity contribution in [1.82, 2.24) is 4.98 Å². The van der Waals surface area contributed by atoms with Crippen molar-refractivity contribution in [2.75, 3.05) is 5.73 Å². The molecule has 0 unspecified atom stereocenters. The van der Waals surface area contributed by atoms with Crippen molar-refractivity contribution in [3.63, 3.8) is 0 Å². The zero-order valence-corrected chi connectivity index (χ0v) is 8.37. The lowest BCUT2D eigenvalue weighted by atomic mass is 10.0. The molecule has 2 nitrogen and oxygen atoms in total. The molecule has 1 aromatic heterocycles. The van der Waals surface area contributed by atoms with Crippen molar-refractivity contribution in [3.8, 4) is 11.1 Å². The van der Waals surface area contributed by atoms with E-state index < -0.39 is 0 Å². The summed E-state index contributed by atoms with van der Waals surface area (Å²) in [4.78, 5) is 3.89. The van der Waals surface area contributed by atoms with Crippen LogP contribution in [0.25, 0.3) is 11.1 Å². The molecule has 0 radical (unpaired) electrons. The predicted octanol–water partition coefficient (Wildman–Crippen LogP) is 2.78. The molecule has 76 valence electrons. The molecule has 0 aliphatic carbocycles. The van der Waals surface area contributed by atoms with Crippen LogP contribution in [0.4, 0.5) is 10.1 Å². The molecule has 2 rings (SSSR count). The van der Waals surface area contributed by atoms with Gasteiger partial charge in [0.25, 0.3) is 0 Å². The number of benzene rings is 1. The SMILES string of the molecule is Cc1ccc(-c2ccncc2N)cc1F. The van der Waals surface area contributed by atoms with E-state index in [2.05, 4.69) is 4.98 Å². The second kappa shape index (κ2) is 3.69. The van der Waals surface area contributed by atoms with Gasteiger partial charge in [-0.2, -0.15) is 0 Å². The summed E-state index contributed by atoms with van der Waals surface area (Å²) in [5.74, 6) is -0.219. The van der Waals surface area contributed by atoms with Crippen molar-refractivity contribution in [2.45, 2.75) is 6.92 Å². The van der Waals surface area contributed by atoms with Crippen LogP contribution >= 0.6 is 0 Å². The standard InChI is InChI=1S/C12H11FN2/c1-8-2-3-9(6-11(8)13)10-4-5-15-7-12(10)14/h2-7H,14H2,1H3. The first-order valence-electron chi connectivity index (χ1n) is 4.64. The van der Waals surface area contributed by atoms with Gasteiger partial charge in [0.1, 0.15) is 5.82 Å². The van der Waals surface area contributed by atoms with E-state index in [0.717, 1.165) is 11.1 Å². The van der Waals surface area contributed by atoms with Gasteiger partial charge in [0.05, 0.1) is 11.9 Å². The van der Waals surface area contributed by atoms with Crippen LogP contribution < -0.4 is 5.73 Å². The maximum atomic E-state index is 13.3. The summed E-state index contributed by atoms with van der Waals surface area (Å²) < 4.78 is 13.3. The van der Waals surface area contributed by atoms with Crippen molar-refractivity contribution >= 4 is 5.69 Å². The van der Waals surface area contributed by atoms with Crippen LogP contribution in [-0.4, -0.2) is 4.98 Å². The molecular formula is C12H11FN2. The highest BCUT2D eigenvalue weighted by atomic mass is 19.1. The van der Waals surface area contributed by atoms with E-state index >= 15 is 0 Å². The highest BCUT2D eigenvalue weighted by Gasteiger charge is 2.04. The second-order valence-corrected chi connectivity index (χ2v) is 3.43. The molecule has 0 atom stereocenters. The molecule has 0 aliphatic heterocycles. The maximum Gasteiger partial charge on any atom is 0.126 e. The first kappa shape index (κ1) is 9.65. The van der Waals surface area contributed by atoms with Gasteiger partial charge in [-0.3, -0.25) is 4.98 Å². The highest BCUT2D eigenvalue weighted by molar-refractivity contribution is 5.75. The molecule has 15 heavy (non-hydrogen) atoms. The topological polar surface area (TPSA) is 38.9 Å². The Morgan fingerprint density at radius 2 is 2.07 bits per heavy atom. The summed E-state index contributed by atoms with van der Waals surface area (Å²) in [6.07, 6.45) is 3.20. The zero-order valence-electron chi connectivity index (χ0n) is 8.37. The lowest BCUT2D eigenvalue weighted by Gasteiger charge is -2.05. The molecular weight excluding hydrogens is 191 g/mol. The predicted molar refractivity (Wildman–Crippen MR) is 58.8 cm³/mol. The third-order valence-electron chi connectivity index (χ3n) is 2.33. The number of aromatic nitrogens is 1. The number of pyridine rings is 1. The van der Waals surface area contributed by atoms with Crippen LogP contribution in [0.15, 0.2) is 36.7 Å². The molecule has 1 heterocycles. The Morgan fingerprint density at radius 3 is 2.73 bits per heavy atom. The fourth-order valence-electron chi connectivity index (χ4n) is 1.43. The molecule has 2 aromatic rings. The van der Waals surface area contributed by atoms with Crippen molar-refractivity contribution in [3.05, 3.63) is 48.0 Å². The van der Waals surface area contributed by atoms with Gasteiger partial charge < -0.3 is 5.73 Å². The van der Waals surface area contributed by atoms with Crippen LogP contribution in [0.3, 0.4) is 0 Å². The monoisotopic (exact) mass is 202 g/mol. The number of hydrogen-bond acceptors (Lipinski definition) is 2. The molecule has 0 spiro atoms. The van der Waals surface area contributed by atoms with E-state index in [1.807, 2.05) is 6.07 Å². The van der Waals surface area contributed by atoms with E-state index in [4.69, 9.17) is 5.73 Å². The second-order valence-electron chi connectivity index (χ2n) is 3.43. The number of nitrogens with zero attached hydrogens (tertiary/aromatic N) is 1. The Balaban J connectivity index is 2.55. The molecule has 0 fully saturated rings. The number of nitrogen functional groups attached to an aromatic ring is 1. The zero-order chi connectivity index (χ0) is 10.8. The molecule has 0 amide bonds. The lowest BCUT2D eigenvalue weighted by Crippen LogP contribution is -1.92. The largest absolute Gasteiger partial charge is 0.397 e. The van der Waals surface area contributed by atoms with E-state index in [1.165, 1.54) is 6.07 Å². The number of nitrogens with two attached hydrogens (primary N) is 1. The van der Waals surface area contributed by atoms with E-state index in [9.17, 15) is 4.39 Å². The van der Waals surface area contributed by atoms with Crippen molar-refractivity contribution in [1.29, 1.82) is 0 Å². The van der Waals surface area contributed by atoms with Gasteiger partial charge in [-0.15, -0.1) is 0 Å². The number of anilines is 1. The minimum Gasteiger partial charge on any atom is -0.397 e. The quantitative estimate of drug-likeness (QED) is 0.772. The normalized spacial score (nSPS) is 10.3. The van der Waals surface area contributed by atoms with E-state index in [0.29, 0.717) is 11.3 Å². The Labute approximate surface area is 87.6 Å². The minimum absolute atomic E-state index is 0.219. The fourth-order valence-corrected chi connectivity index (χ4v) is 1.43. The van der Waals surface area contributed by atoms with Gasteiger partial charge in [-0.25, -0.2) is 4.39 Å². The third-order valence-corrected chi connectivity index (χ3v) is 2.33. The molecule has 1 aromatic carbocycles. The van der Waals surface area contributed by atoms with E-state index in [-0.39, 0.29) is 5.82 Å². The van der Waals surface area contributed by atoms with Crippen LogP contribution in [0.1, 0.15) is 5.56 Å². The lowest BCUT2D eigenvalue weighted by molar-refractivity contribution is 0.619. The van der Waals surface area contributed by atoms with Gasteiger partial charge in [0.2, 0.25) is 0 Å². The van der Waals surface area contributed by atoms with Crippen molar-refractivity contribution < 1.29 is 4.39 Å². The molecule has 2 N–H and O–H groups in total. The highest BCUT2D eigenvalue weighted by Crippen LogP contribution is 2.25. The molecule has 3 heteroatoms. The average molecular weight is 202 g/mol. The van der Waals surface area contributed by atoms with Gasteiger partial charge >= 0.3 is 0 Å². The minimum atomic E-state index is -0.219.